The Morgan fingerprint density at radius 2 is 1.67 bits per heavy atom. The minimum Gasteiger partial charge on any atom is -0.306 e. The van der Waals surface area contributed by atoms with E-state index in [-0.39, 0.29) is 46.3 Å². The normalized spacial score (nSPS) is 12.8. The van der Waals surface area contributed by atoms with Crippen LogP contribution in [0.25, 0.3) is 26.5 Å². The fourth-order valence-corrected chi connectivity index (χ4v) is 6.62. The molecule has 0 saturated carbocycles. The number of aromatic nitrogens is 4. The zero-order valence-corrected chi connectivity index (χ0v) is 26.7. The van der Waals surface area contributed by atoms with E-state index in [0.717, 1.165) is 32.6 Å². The van der Waals surface area contributed by atoms with E-state index in [0.29, 0.717) is 21.7 Å². The van der Waals surface area contributed by atoms with E-state index >= 15 is 0 Å². The molecule has 0 saturated heterocycles. The van der Waals surface area contributed by atoms with Crippen LogP contribution in [0, 0.1) is 11.6 Å². The molecule has 48 heavy (non-hydrogen) atoms. The van der Waals surface area contributed by atoms with Crippen LogP contribution in [0.5, 0.6) is 0 Å². The number of rotatable bonds is 9. The molecule has 0 radical (unpaired) electrons. The first-order valence-corrected chi connectivity index (χ1v) is 15.3. The molecule has 5 aromatic rings. The van der Waals surface area contributed by atoms with Crippen LogP contribution in [0.15, 0.2) is 76.5 Å². The van der Waals surface area contributed by atoms with Gasteiger partial charge in [0, 0.05) is 35.3 Å². The SMILES string of the molecule is CONC(=O)Nc1ccc(-c2sc3c(c2CN(C)C)c(=O)n(-c2ccc(N4C=CCC4=O)nn2)c(=O)n3Cc2c(F)cccc2F)cc1. The second-order valence-corrected chi connectivity index (χ2v) is 12.0. The van der Waals surface area contributed by atoms with E-state index in [2.05, 4.69) is 25.8 Å². The van der Waals surface area contributed by atoms with Gasteiger partial charge < -0.3 is 10.2 Å². The highest BCUT2D eigenvalue weighted by atomic mass is 32.1. The molecule has 3 amide bonds. The summed E-state index contributed by atoms with van der Waals surface area (Å²) in [5.74, 6) is -1.87. The van der Waals surface area contributed by atoms with E-state index in [1.54, 1.807) is 36.5 Å². The molecule has 246 valence electrons. The predicted octanol–water partition coefficient (Wildman–Crippen LogP) is 3.99. The quantitative estimate of drug-likeness (QED) is 0.224. The molecule has 6 rings (SSSR count). The minimum absolute atomic E-state index is 0.137. The number of hydrogen-bond acceptors (Lipinski definition) is 9. The van der Waals surface area contributed by atoms with Crippen LogP contribution < -0.4 is 26.9 Å². The van der Waals surface area contributed by atoms with E-state index in [1.165, 1.54) is 30.2 Å². The number of fused-ring (bicyclic) bond motifs is 1. The molecule has 2 N–H and O–H groups in total. The van der Waals surface area contributed by atoms with Gasteiger partial charge in [-0.15, -0.1) is 21.5 Å². The molecule has 0 atom stereocenters. The summed E-state index contributed by atoms with van der Waals surface area (Å²) in [5.41, 5.74) is 1.92. The van der Waals surface area contributed by atoms with Gasteiger partial charge in [-0.1, -0.05) is 24.3 Å². The van der Waals surface area contributed by atoms with Crippen molar-refractivity contribution in [1.29, 1.82) is 0 Å². The Hall–Kier alpha value is -5.58. The first-order chi connectivity index (χ1) is 23.1. The number of carbonyl (C=O) groups is 2. The third-order valence-electron chi connectivity index (χ3n) is 7.45. The maximum Gasteiger partial charge on any atom is 0.343 e. The number of benzene rings is 2. The molecular weight excluding hydrogens is 646 g/mol. The largest absolute Gasteiger partial charge is 0.343 e. The smallest absolute Gasteiger partial charge is 0.306 e. The van der Waals surface area contributed by atoms with Gasteiger partial charge in [0.05, 0.1) is 19.0 Å². The summed E-state index contributed by atoms with van der Waals surface area (Å²) in [6.07, 6.45) is 3.42. The van der Waals surface area contributed by atoms with Crippen LogP contribution in [0.4, 0.5) is 25.1 Å². The van der Waals surface area contributed by atoms with Gasteiger partial charge in [-0.25, -0.2) is 28.4 Å². The van der Waals surface area contributed by atoms with Crippen molar-refractivity contribution in [1.82, 2.24) is 29.7 Å². The van der Waals surface area contributed by atoms with Crippen molar-refractivity contribution in [2.45, 2.75) is 19.5 Å². The number of nitrogens with one attached hydrogen (secondary N) is 2. The van der Waals surface area contributed by atoms with E-state index in [4.69, 9.17) is 0 Å². The Morgan fingerprint density at radius 1 is 0.979 bits per heavy atom. The first kappa shape index (κ1) is 32.4. The fourth-order valence-electron chi connectivity index (χ4n) is 5.32. The third-order valence-corrected chi connectivity index (χ3v) is 8.76. The van der Waals surface area contributed by atoms with Crippen molar-refractivity contribution in [3.8, 4) is 16.3 Å². The molecule has 2 aromatic carbocycles. The predicted molar refractivity (Wildman–Crippen MR) is 176 cm³/mol. The summed E-state index contributed by atoms with van der Waals surface area (Å²) in [5, 5.41) is 11.0. The van der Waals surface area contributed by atoms with Crippen molar-refractivity contribution in [2.24, 2.45) is 0 Å². The van der Waals surface area contributed by atoms with Crippen molar-refractivity contribution in [3.63, 3.8) is 0 Å². The van der Waals surface area contributed by atoms with Gasteiger partial charge in [0.2, 0.25) is 5.91 Å². The Kier molecular flexibility index (Phi) is 8.95. The average molecular weight is 675 g/mol. The van der Waals surface area contributed by atoms with Crippen molar-refractivity contribution in [3.05, 3.63) is 110 Å². The molecule has 13 nitrogen and oxygen atoms in total. The van der Waals surface area contributed by atoms with Crippen LogP contribution >= 0.6 is 11.3 Å². The highest BCUT2D eigenvalue weighted by molar-refractivity contribution is 7.22. The Bertz CT molecular complexity index is 2170. The summed E-state index contributed by atoms with van der Waals surface area (Å²) >= 11 is 1.13. The number of halogens is 2. The van der Waals surface area contributed by atoms with Gasteiger partial charge in [-0.05, 0) is 61.6 Å². The molecule has 1 aliphatic heterocycles. The number of carbonyl (C=O) groups excluding carboxylic acids is 2. The highest BCUT2D eigenvalue weighted by Gasteiger charge is 2.26. The highest BCUT2D eigenvalue weighted by Crippen LogP contribution is 2.38. The second kappa shape index (κ2) is 13.3. The number of hydroxylamine groups is 1. The zero-order valence-electron chi connectivity index (χ0n) is 25.9. The second-order valence-electron chi connectivity index (χ2n) is 11.0. The molecule has 0 aliphatic carbocycles. The van der Waals surface area contributed by atoms with Gasteiger partial charge in [0.15, 0.2) is 11.6 Å². The van der Waals surface area contributed by atoms with Crippen LogP contribution in [0.1, 0.15) is 17.5 Å². The summed E-state index contributed by atoms with van der Waals surface area (Å²) in [6, 6.07) is 12.5. The Morgan fingerprint density at radius 3 is 2.27 bits per heavy atom. The van der Waals surface area contributed by atoms with Crippen LogP contribution in [-0.4, -0.2) is 57.4 Å². The average Bonchev–Trinajstić information content (AvgIpc) is 3.65. The summed E-state index contributed by atoms with van der Waals surface area (Å²) in [4.78, 5) is 61.2. The zero-order chi connectivity index (χ0) is 34.1. The lowest BCUT2D eigenvalue weighted by Gasteiger charge is -2.15. The molecule has 0 fully saturated rings. The molecule has 4 heterocycles. The monoisotopic (exact) mass is 674 g/mol. The summed E-state index contributed by atoms with van der Waals surface area (Å²) < 4.78 is 31.9. The van der Waals surface area contributed by atoms with Crippen molar-refractivity contribution in [2.75, 3.05) is 31.4 Å². The van der Waals surface area contributed by atoms with Crippen molar-refractivity contribution >= 4 is 45.0 Å². The lowest BCUT2D eigenvalue weighted by atomic mass is 10.1. The Labute approximate surface area is 275 Å². The van der Waals surface area contributed by atoms with Crippen LogP contribution in [0.2, 0.25) is 0 Å². The van der Waals surface area contributed by atoms with Gasteiger partial charge >= 0.3 is 11.7 Å². The van der Waals surface area contributed by atoms with E-state index in [1.807, 2.05) is 19.0 Å². The molecule has 0 spiro atoms. The maximum atomic E-state index is 15.0. The molecule has 1 aliphatic rings. The summed E-state index contributed by atoms with van der Waals surface area (Å²) in [6.45, 7) is -0.257. The number of thiophene rings is 1. The lowest BCUT2D eigenvalue weighted by molar-refractivity contribution is -0.116. The number of urea groups is 1. The van der Waals surface area contributed by atoms with Gasteiger partial charge in [0.1, 0.15) is 16.5 Å². The van der Waals surface area contributed by atoms with Crippen LogP contribution in [-0.2, 0) is 22.7 Å². The maximum absolute atomic E-state index is 15.0. The van der Waals surface area contributed by atoms with Gasteiger partial charge in [0.25, 0.3) is 5.56 Å². The lowest BCUT2D eigenvalue weighted by Crippen LogP contribution is -2.40. The number of amides is 3. The van der Waals surface area contributed by atoms with Gasteiger partial charge in [-0.3, -0.25) is 23.9 Å². The molecular formula is C32H28F2N8O5S. The molecule has 0 bridgehead atoms. The number of hydrogen-bond donors (Lipinski definition) is 2. The van der Waals surface area contributed by atoms with E-state index < -0.39 is 35.5 Å². The molecule has 3 aromatic heterocycles. The number of nitrogens with zero attached hydrogens (tertiary/aromatic N) is 6. The standard InChI is InChI=1S/C32H28F2N8O5S/c1-39(2)16-21-27-29(44)42(25-14-13-24(36-37-25)40-15-5-8-26(40)43)32(46)41(17-20-22(33)6-4-7-23(20)34)30(27)48-28(21)18-9-11-19(12-10-18)35-31(45)38-47-3/h4-7,9-15H,8,16-17H2,1-3H3,(H2,35,38,45). The topological polar surface area (TPSA) is 144 Å². The van der Waals surface area contributed by atoms with E-state index in [9.17, 15) is 28.0 Å². The number of anilines is 2. The van der Waals surface area contributed by atoms with Gasteiger partial charge in [-0.2, -0.15) is 0 Å². The summed E-state index contributed by atoms with van der Waals surface area (Å²) in [7, 11) is 4.94. The van der Waals surface area contributed by atoms with Crippen LogP contribution in [0.3, 0.4) is 0 Å². The third kappa shape index (κ3) is 6.11. The van der Waals surface area contributed by atoms with Crippen molar-refractivity contribution < 1.29 is 23.2 Å². The molecule has 16 heteroatoms. The Balaban J connectivity index is 1.57. The molecule has 0 unspecified atom stereocenters. The first-order valence-electron chi connectivity index (χ1n) is 14.5. The fraction of sp³-hybridized carbons (Fsp3) is 0.188. The minimum atomic E-state index is -0.887.